The summed E-state index contributed by atoms with van der Waals surface area (Å²) < 4.78 is 0. The molecule has 13 heavy (non-hydrogen) atoms. The first-order chi connectivity index (χ1) is 5.97. The van der Waals surface area contributed by atoms with Gasteiger partial charge in [-0.1, -0.05) is 20.8 Å². The van der Waals surface area contributed by atoms with Gasteiger partial charge in [-0.05, 0) is 18.8 Å². The van der Waals surface area contributed by atoms with Crippen LogP contribution >= 0.6 is 0 Å². The molecule has 0 aromatic carbocycles. The molecule has 3 heteroatoms. The number of nitrogens with one attached hydrogen (secondary N) is 1. The van der Waals surface area contributed by atoms with Gasteiger partial charge in [0.05, 0.1) is 0 Å². The average molecular weight is 182 g/mol. The standard InChI is InChI=1S/C10H18N2O/c1-5-9(13)12-11-7(2)8-6-10(8,3)4/h8H,5-6H2,1-4H3,(H,12,13)/b11-7+. The summed E-state index contributed by atoms with van der Waals surface area (Å²) in [5, 5.41) is 4.07. The Morgan fingerprint density at radius 2 is 2.15 bits per heavy atom. The van der Waals surface area contributed by atoms with E-state index >= 15 is 0 Å². The lowest BCUT2D eigenvalue weighted by Crippen LogP contribution is -2.18. The van der Waals surface area contributed by atoms with Crippen LogP contribution in [0, 0.1) is 11.3 Å². The number of hydrogen-bond acceptors (Lipinski definition) is 2. The maximum absolute atomic E-state index is 10.9. The zero-order chi connectivity index (χ0) is 10.1. The summed E-state index contributed by atoms with van der Waals surface area (Å²) in [7, 11) is 0. The lowest BCUT2D eigenvalue weighted by molar-refractivity contribution is -0.120. The first kappa shape index (κ1) is 10.2. The molecular weight excluding hydrogens is 164 g/mol. The summed E-state index contributed by atoms with van der Waals surface area (Å²) in [5.41, 5.74) is 3.98. The summed E-state index contributed by atoms with van der Waals surface area (Å²) in [5.74, 6) is 0.544. The fourth-order valence-corrected chi connectivity index (χ4v) is 1.49. The van der Waals surface area contributed by atoms with Crippen molar-refractivity contribution in [1.29, 1.82) is 0 Å². The minimum absolute atomic E-state index is 0.0159. The van der Waals surface area contributed by atoms with Crippen LogP contribution in [0.4, 0.5) is 0 Å². The van der Waals surface area contributed by atoms with Crippen LogP contribution in [0.3, 0.4) is 0 Å². The number of hydrazone groups is 1. The van der Waals surface area contributed by atoms with Gasteiger partial charge in [-0.2, -0.15) is 5.10 Å². The van der Waals surface area contributed by atoms with E-state index in [0.717, 1.165) is 5.71 Å². The fraction of sp³-hybridized carbons (Fsp3) is 0.800. The molecule has 0 heterocycles. The van der Waals surface area contributed by atoms with E-state index in [-0.39, 0.29) is 5.91 Å². The summed E-state index contributed by atoms with van der Waals surface area (Å²) in [6.45, 7) is 8.24. The maximum Gasteiger partial charge on any atom is 0.239 e. The molecule has 1 aliphatic carbocycles. The molecule has 1 amide bonds. The topological polar surface area (TPSA) is 41.5 Å². The highest BCUT2D eigenvalue weighted by Gasteiger charge is 2.47. The molecule has 0 saturated heterocycles. The number of amides is 1. The molecule has 1 atom stereocenters. The molecule has 1 fully saturated rings. The highest BCUT2D eigenvalue weighted by atomic mass is 16.2. The van der Waals surface area contributed by atoms with Crippen LogP contribution in [-0.2, 0) is 4.79 Å². The zero-order valence-corrected chi connectivity index (χ0v) is 8.85. The van der Waals surface area contributed by atoms with Crippen molar-refractivity contribution >= 4 is 11.6 Å². The number of carbonyl (C=O) groups is 1. The highest BCUT2D eigenvalue weighted by molar-refractivity contribution is 5.89. The van der Waals surface area contributed by atoms with Crippen molar-refractivity contribution in [3.63, 3.8) is 0 Å². The second-order valence-corrected chi connectivity index (χ2v) is 4.39. The minimum Gasteiger partial charge on any atom is -0.273 e. The molecule has 1 N–H and O–H groups in total. The molecule has 3 nitrogen and oxygen atoms in total. The Hall–Kier alpha value is -0.860. The summed E-state index contributed by atoms with van der Waals surface area (Å²) in [6.07, 6.45) is 1.68. The van der Waals surface area contributed by atoms with Crippen LogP contribution in [0.25, 0.3) is 0 Å². The second-order valence-electron chi connectivity index (χ2n) is 4.39. The SMILES string of the molecule is CCC(=O)N/N=C(\C)C1CC1(C)C. The third-order valence-corrected chi connectivity index (χ3v) is 2.70. The molecule has 74 valence electrons. The Balaban J connectivity index is 2.40. The molecule has 0 aliphatic heterocycles. The summed E-state index contributed by atoms with van der Waals surface area (Å²) in [6, 6.07) is 0. The molecule has 1 saturated carbocycles. The number of carbonyl (C=O) groups excluding carboxylic acids is 1. The van der Waals surface area contributed by atoms with E-state index < -0.39 is 0 Å². The zero-order valence-electron chi connectivity index (χ0n) is 8.85. The Kier molecular flexibility index (Phi) is 2.74. The van der Waals surface area contributed by atoms with E-state index in [1.165, 1.54) is 6.42 Å². The van der Waals surface area contributed by atoms with Crippen LogP contribution in [0.2, 0.25) is 0 Å². The molecular formula is C10H18N2O. The second kappa shape index (κ2) is 3.48. The Morgan fingerprint density at radius 1 is 1.62 bits per heavy atom. The smallest absolute Gasteiger partial charge is 0.239 e. The quantitative estimate of drug-likeness (QED) is 0.526. The molecule has 0 spiro atoms. The van der Waals surface area contributed by atoms with E-state index in [1.807, 2.05) is 13.8 Å². The van der Waals surface area contributed by atoms with Gasteiger partial charge in [-0.25, -0.2) is 5.43 Å². The number of nitrogens with zero attached hydrogens (tertiary/aromatic N) is 1. The maximum atomic E-state index is 10.9. The van der Waals surface area contributed by atoms with Crippen molar-refractivity contribution in [2.45, 2.75) is 40.5 Å². The predicted octanol–water partition coefficient (Wildman–Crippen LogP) is 1.93. The van der Waals surface area contributed by atoms with Gasteiger partial charge in [-0.3, -0.25) is 4.79 Å². The molecule has 0 aromatic rings. The van der Waals surface area contributed by atoms with E-state index in [0.29, 0.717) is 17.8 Å². The molecule has 0 radical (unpaired) electrons. The molecule has 0 aromatic heterocycles. The lowest BCUT2D eigenvalue weighted by Gasteiger charge is -2.02. The van der Waals surface area contributed by atoms with Crippen molar-refractivity contribution in [2.24, 2.45) is 16.4 Å². The van der Waals surface area contributed by atoms with Gasteiger partial charge in [0, 0.05) is 18.1 Å². The minimum atomic E-state index is -0.0159. The van der Waals surface area contributed by atoms with E-state index in [4.69, 9.17) is 0 Å². The highest BCUT2D eigenvalue weighted by Crippen LogP contribution is 2.52. The van der Waals surface area contributed by atoms with Gasteiger partial charge >= 0.3 is 0 Å². The first-order valence-electron chi connectivity index (χ1n) is 4.80. The average Bonchev–Trinajstić information content (AvgIpc) is 2.70. The third kappa shape index (κ3) is 2.54. The van der Waals surface area contributed by atoms with Crippen molar-refractivity contribution in [1.82, 2.24) is 5.43 Å². The Labute approximate surface area is 79.6 Å². The first-order valence-corrected chi connectivity index (χ1v) is 4.80. The van der Waals surface area contributed by atoms with Gasteiger partial charge in [-0.15, -0.1) is 0 Å². The van der Waals surface area contributed by atoms with Crippen LogP contribution in [-0.4, -0.2) is 11.6 Å². The van der Waals surface area contributed by atoms with Gasteiger partial charge in [0.25, 0.3) is 0 Å². The van der Waals surface area contributed by atoms with E-state index in [1.54, 1.807) is 0 Å². The summed E-state index contributed by atoms with van der Waals surface area (Å²) in [4.78, 5) is 10.9. The van der Waals surface area contributed by atoms with Crippen molar-refractivity contribution in [3.05, 3.63) is 0 Å². The van der Waals surface area contributed by atoms with Crippen LogP contribution in [0.1, 0.15) is 40.5 Å². The molecule has 1 rings (SSSR count). The van der Waals surface area contributed by atoms with Gasteiger partial charge in [0.15, 0.2) is 0 Å². The largest absolute Gasteiger partial charge is 0.273 e. The van der Waals surface area contributed by atoms with E-state index in [9.17, 15) is 4.79 Å². The van der Waals surface area contributed by atoms with Crippen LogP contribution in [0.5, 0.6) is 0 Å². The Morgan fingerprint density at radius 3 is 2.54 bits per heavy atom. The van der Waals surface area contributed by atoms with Gasteiger partial charge in [0.2, 0.25) is 5.91 Å². The number of hydrogen-bond donors (Lipinski definition) is 1. The van der Waals surface area contributed by atoms with Crippen molar-refractivity contribution in [3.8, 4) is 0 Å². The number of rotatable bonds is 3. The van der Waals surface area contributed by atoms with Crippen LogP contribution in [0.15, 0.2) is 5.10 Å². The van der Waals surface area contributed by atoms with Gasteiger partial charge < -0.3 is 0 Å². The fourth-order valence-electron chi connectivity index (χ4n) is 1.49. The van der Waals surface area contributed by atoms with Crippen molar-refractivity contribution in [2.75, 3.05) is 0 Å². The summed E-state index contributed by atoms with van der Waals surface area (Å²) >= 11 is 0. The molecule has 0 bridgehead atoms. The Bertz CT molecular complexity index is 243. The molecule has 1 unspecified atom stereocenters. The predicted molar refractivity (Wildman–Crippen MR) is 53.4 cm³/mol. The van der Waals surface area contributed by atoms with Crippen LogP contribution < -0.4 is 5.43 Å². The van der Waals surface area contributed by atoms with E-state index in [2.05, 4.69) is 24.4 Å². The third-order valence-electron chi connectivity index (χ3n) is 2.70. The monoisotopic (exact) mass is 182 g/mol. The molecule has 1 aliphatic rings. The van der Waals surface area contributed by atoms with Gasteiger partial charge in [0.1, 0.15) is 0 Å². The van der Waals surface area contributed by atoms with Crippen molar-refractivity contribution < 1.29 is 4.79 Å². The normalized spacial score (nSPS) is 25.5. The lowest BCUT2D eigenvalue weighted by atomic mass is 10.1.